The van der Waals surface area contributed by atoms with Crippen LogP contribution in [0.15, 0.2) is 18.3 Å². The third-order valence-electron chi connectivity index (χ3n) is 3.77. The number of nitrogens with one attached hydrogen (secondary N) is 1. The molecule has 0 unspecified atom stereocenters. The Kier molecular flexibility index (Phi) is 3.31. The normalized spacial score (nSPS) is 18.1. The summed E-state index contributed by atoms with van der Waals surface area (Å²) in [6, 6.07) is 3.92. The van der Waals surface area contributed by atoms with Crippen molar-refractivity contribution < 1.29 is 8.78 Å². The zero-order chi connectivity index (χ0) is 14.2. The highest BCUT2D eigenvalue weighted by molar-refractivity contribution is 5.50. The van der Waals surface area contributed by atoms with Gasteiger partial charge in [0.05, 0.1) is 0 Å². The Morgan fingerprint density at radius 3 is 2.95 bits per heavy atom. The van der Waals surface area contributed by atoms with Crippen LogP contribution in [0.4, 0.5) is 14.7 Å². The maximum absolute atomic E-state index is 12.8. The van der Waals surface area contributed by atoms with Crippen LogP contribution in [-0.4, -0.2) is 27.1 Å². The molecule has 0 saturated heterocycles. The van der Waals surface area contributed by atoms with E-state index in [4.69, 9.17) is 0 Å². The minimum atomic E-state index is -2.43. The molecular formula is C14H18F2N4. The van der Waals surface area contributed by atoms with Gasteiger partial charge in [0.25, 0.3) is 0 Å². The van der Waals surface area contributed by atoms with Gasteiger partial charge in [0.15, 0.2) is 5.65 Å². The van der Waals surface area contributed by atoms with E-state index in [9.17, 15) is 8.78 Å². The van der Waals surface area contributed by atoms with Crippen molar-refractivity contribution in [3.05, 3.63) is 23.9 Å². The van der Waals surface area contributed by atoms with Crippen LogP contribution < -0.4 is 5.32 Å². The second kappa shape index (κ2) is 5.00. The lowest BCUT2D eigenvalue weighted by Gasteiger charge is -2.34. The third kappa shape index (κ3) is 2.59. The summed E-state index contributed by atoms with van der Waals surface area (Å²) in [5.74, 6) is -1.68. The average molecular weight is 280 g/mol. The molecule has 2 aromatic rings. The van der Waals surface area contributed by atoms with Crippen molar-refractivity contribution in [2.45, 2.75) is 38.5 Å². The number of pyridine rings is 1. The van der Waals surface area contributed by atoms with Crippen molar-refractivity contribution in [3.8, 4) is 0 Å². The number of alkyl halides is 2. The Morgan fingerprint density at radius 1 is 1.45 bits per heavy atom. The maximum atomic E-state index is 12.8. The molecule has 0 atom stereocenters. The van der Waals surface area contributed by atoms with Gasteiger partial charge >= 0.3 is 0 Å². The zero-order valence-electron chi connectivity index (χ0n) is 11.4. The van der Waals surface area contributed by atoms with Crippen LogP contribution in [0.5, 0.6) is 0 Å². The van der Waals surface area contributed by atoms with E-state index in [2.05, 4.69) is 15.4 Å². The Hall–Kier alpha value is -1.72. The Bertz CT molecular complexity index is 600. The fourth-order valence-electron chi connectivity index (χ4n) is 2.74. The van der Waals surface area contributed by atoms with Crippen LogP contribution in [-0.2, 0) is 6.42 Å². The monoisotopic (exact) mass is 280 g/mol. The molecule has 0 aliphatic heterocycles. The number of hydrogen-bond donors (Lipinski definition) is 1. The number of hydrogen-bond acceptors (Lipinski definition) is 3. The molecule has 1 fully saturated rings. The van der Waals surface area contributed by atoms with E-state index in [0.717, 1.165) is 30.6 Å². The quantitative estimate of drug-likeness (QED) is 0.915. The summed E-state index contributed by atoms with van der Waals surface area (Å²) >= 11 is 0. The van der Waals surface area contributed by atoms with Gasteiger partial charge in [-0.25, -0.2) is 13.3 Å². The molecule has 1 aliphatic carbocycles. The second-order valence-electron chi connectivity index (χ2n) is 5.44. The number of nitrogens with zero attached hydrogens (tertiary/aromatic N) is 3. The van der Waals surface area contributed by atoms with E-state index in [1.54, 1.807) is 4.52 Å². The minimum absolute atomic E-state index is 0.0332. The predicted molar refractivity (Wildman–Crippen MR) is 73.1 cm³/mol. The van der Waals surface area contributed by atoms with Gasteiger partial charge in [-0.1, -0.05) is 6.07 Å². The van der Waals surface area contributed by atoms with Gasteiger partial charge in [0.2, 0.25) is 11.9 Å². The van der Waals surface area contributed by atoms with E-state index in [1.165, 1.54) is 0 Å². The van der Waals surface area contributed by atoms with Crippen molar-refractivity contribution >= 4 is 11.6 Å². The van der Waals surface area contributed by atoms with Crippen molar-refractivity contribution in [3.63, 3.8) is 0 Å². The van der Waals surface area contributed by atoms with E-state index >= 15 is 0 Å². The summed E-state index contributed by atoms with van der Waals surface area (Å²) in [4.78, 5) is 4.45. The van der Waals surface area contributed by atoms with Crippen LogP contribution in [0, 0.1) is 5.92 Å². The number of fused-ring (bicyclic) bond motifs is 1. The highest BCUT2D eigenvalue weighted by Gasteiger charge is 2.44. The van der Waals surface area contributed by atoms with Gasteiger partial charge in [-0.05, 0) is 37.3 Å². The van der Waals surface area contributed by atoms with Gasteiger partial charge in [-0.2, -0.15) is 4.98 Å². The first-order chi connectivity index (χ1) is 9.57. The highest BCUT2D eigenvalue weighted by Crippen LogP contribution is 2.44. The predicted octanol–water partition coefficient (Wildman–Crippen LogP) is 3.14. The lowest BCUT2D eigenvalue weighted by molar-refractivity contribution is -0.111. The fourth-order valence-corrected chi connectivity index (χ4v) is 2.74. The van der Waals surface area contributed by atoms with E-state index in [-0.39, 0.29) is 18.8 Å². The molecule has 3 rings (SSSR count). The topological polar surface area (TPSA) is 42.2 Å². The average Bonchev–Trinajstić information content (AvgIpc) is 2.77. The van der Waals surface area contributed by atoms with Crippen molar-refractivity contribution in [2.24, 2.45) is 5.92 Å². The van der Waals surface area contributed by atoms with Crippen LogP contribution in [0.25, 0.3) is 5.65 Å². The molecule has 2 aromatic heterocycles. The second-order valence-corrected chi connectivity index (χ2v) is 5.44. The molecule has 1 aliphatic rings. The summed E-state index contributed by atoms with van der Waals surface area (Å²) in [6.45, 7) is 2.76. The van der Waals surface area contributed by atoms with E-state index in [0.29, 0.717) is 5.95 Å². The van der Waals surface area contributed by atoms with Crippen molar-refractivity contribution in [2.75, 3.05) is 11.9 Å². The zero-order valence-corrected chi connectivity index (χ0v) is 11.4. The number of aromatic nitrogens is 3. The minimum Gasteiger partial charge on any atom is -0.353 e. The van der Waals surface area contributed by atoms with Gasteiger partial charge in [-0.3, -0.25) is 0 Å². The van der Waals surface area contributed by atoms with Crippen LogP contribution in [0.3, 0.4) is 0 Å². The Morgan fingerprint density at radius 2 is 2.25 bits per heavy atom. The first-order valence-corrected chi connectivity index (χ1v) is 7.03. The molecule has 108 valence electrons. The lowest BCUT2D eigenvalue weighted by Crippen LogP contribution is -2.35. The molecule has 1 saturated carbocycles. The first kappa shape index (κ1) is 13.3. The molecule has 4 nitrogen and oxygen atoms in total. The molecule has 0 radical (unpaired) electrons. The molecule has 0 aromatic carbocycles. The SMILES string of the molecule is CCNc1nc2c(CCC3CC(F)(F)C3)cccn2n1. The maximum Gasteiger partial charge on any atom is 0.248 e. The summed E-state index contributed by atoms with van der Waals surface area (Å²) in [6.07, 6.45) is 3.48. The molecule has 0 amide bonds. The molecule has 0 bridgehead atoms. The molecule has 1 N–H and O–H groups in total. The highest BCUT2D eigenvalue weighted by atomic mass is 19.3. The largest absolute Gasteiger partial charge is 0.353 e. The molecular weight excluding hydrogens is 262 g/mol. The Balaban J connectivity index is 1.71. The first-order valence-electron chi connectivity index (χ1n) is 7.03. The molecule has 2 heterocycles. The van der Waals surface area contributed by atoms with Crippen LogP contribution in [0.1, 0.15) is 31.7 Å². The van der Waals surface area contributed by atoms with Gasteiger partial charge in [0.1, 0.15) is 0 Å². The fraction of sp³-hybridized carbons (Fsp3) is 0.571. The molecule has 20 heavy (non-hydrogen) atoms. The standard InChI is InChI=1S/C14H18F2N4/c1-2-17-13-18-12-11(4-3-7-20(12)19-13)6-5-10-8-14(15,16)9-10/h3-4,7,10H,2,5-6,8-9H2,1H3,(H,17,19). The van der Waals surface area contributed by atoms with Gasteiger partial charge < -0.3 is 5.32 Å². The smallest absolute Gasteiger partial charge is 0.248 e. The number of aryl methyl sites for hydroxylation is 1. The molecule has 0 spiro atoms. The lowest BCUT2D eigenvalue weighted by atomic mass is 9.78. The van der Waals surface area contributed by atoms with E-state index in [1.807, 2.05) is 25.3 Å². The molecule has 6 heteroatoms. The van der Waals surface area contributed by atoms with Crippen LogP contribution >= 0.6 is 0 Å². The summed E-state index contributed by atoms with van der Waals surface area (Å²) < 4.78 is 27.4. The van der Waals surface area contributed by atoms with Gasteiger partial charge in [-0.15, -0.1) is 5.10 Å². The van der Waals surface area contributed by atoms with Crippen LogP contribution in [0.2, 0.25) is 0 Å². The summed E-state index contributed by atoms with van der Waals surface area (Å²) in [5.41, 5.74) is 1.88. The van der Waals surface area contributed by atoms with Crippen molar-refractivity contribution in [1.82, 2.24) is 14.6 Å². The van der Waals surface area contributed by atoms with Gasteiger partial charge in [0, 0.05) is 25.6 Å². The number of anilines is 1. The number of rotatable bonds is 5. The Labute approximate surface area is 116 Å². The number of halogens is 2. The van der Waals surface area contributed by atoms with E-state index < -0.39 is 5.92 Å². The summed E-state index contributed by atoms with van der Waals surface area (Å²) in [5, 5.41) is 7.40. The third-order valence-corrected chi connectivity index (χ3v) is 3.77. The summed E-state index contributed by atoms with van der Waals surface area (Å²) in [7, 11) is 0. The van der Waals surface area contributed by atoms with Crippen molar-refractivity contribution in [1.29, 1.82) is 0 Å².